The van der Waals surface area contributed by atoms with E-state index in [1.807, 2.05) is 36.4 Å². The van der Waals surface area contributed by atoms with E-state index in [-0.39, 0.29) is 25.3 Å². The summed E-state index contributed by atoms with van der Waals surface area (Å²) in [4.78, 5) is 40.0. The minimum Gasteiger partial charge on any atom is -0.480 e. The molecule has 1 saturated heterocycles. The van der Waals surface area contributed by atoms with Gasteiger partial charge in [0.1, 0.15) is 12.1 Å². The normalized spacial score (nSPS) is 23.7. The van der Waals surface area contributed by atoms with E-state index < -0.39 is 45.9 Å². The first kappa shape index (κ1) is 23.9. The van der Waals surface area contributed by atoms with Gasteiger partial charge in [0.15, 0.2) is 0 Å². The van der Waals surface area contributed by atoms with Gasteiger partial charge < -0.3 is 15.3 Å². The van der Waals surface area contributed by atoms with Crippen molar-refractivity contribution >= 4 is 38.6 Å². The molecule has 180 valence electrons. The van der Waals surface area contributed by atoms with Gasteiger partial charge in [-0.2, -0.15) is 4.31 Å². The SMILES string of the molecule is CCS(=O)(=O)N1C[C@@H]2CC=CC[C@H](NC(=O)c3cccc4ccccc34)C(=O)N2[C@H](C(=O)O)C1. The lowest BCUT2D eigenvalue weighted by Crippen LogP contribution is -2.66. The van der Waals surface area contributed by atoms with E-state index in [1.165, 1.54) is 11.8 Å². The Morgan fingerprint density at radius 2 is 1.76 bits per heavy atom. The predicted octanol–water partition coefficient (Wildman–Crippen LogP) is 1.60. The molecule has 4 rings (SSSR count). The molecule has 3 atom stereocenters. The van der Waals surface area contributed by atoms with Crippen molar-refractivity contribution in [2.75, 3.05) is 18.8 Å². The van der Waals surface area contributed by atoms with Gasteiger partial charge in [0.2, 0.25) is 15.9 Å². The van der Waals surface area contributed by atoms with Crippen molar-refractivity contribution in [3.8, 4) is 0 Å². The zero-order valence-corrected chi connectivity index (χ0v) is 19.6. The number of amides is 2. The number of carbonyl (C=O) groups is 3. The van der Waals surface area contributed by atoms with Gasteiger partial charge in [-0.15, -0.1) is 0 Å². The summed E-state index contributed by atoms with van der Waals surface area (Å²) in [5, 5.41) is 14.3. The molecule has 0 saturated carbocycles. The quantitative estimate of drug-likeness (QED) is 0.620. The van der Waals surface area contributed by atoms with Gasteiger partial charge in [-0.25, -0.2) is 13.2 Å². The number of benzene rings is 2. The zero-order valence-electron chi connectivity index (χ0n) is 18.8. The summed E-state index contributed by atoms with van der Waals surface area (Å²) in [5.74, 6) is -2.39. The van der Waals surface area contributed by atoms with Crippen LogP contribution in [0.25, 0.3) is 10.8 Å². The average molecular weight is 486 g/mol. The Labute approximate surface area is 198 Å². The van der Waals surface area contributed by atoms with E-state index in [0.29, 0.717) is 12.0 Å². The Morgan fingerprint density at radius 3 is 2.50 bits per heavy atom. The molecule has 2 aromatic rings. The second-order valence-electron chi connectivity index (χ2n) is 8.47. The fraction of sp³-hybridized carbons (Fsp3) is 0.375. The summed E-state index contributed by atoms with van der Waals surface area (Å²) in [6, 6.07) is 9.80. The van der Waals surface area contributed by atoms with Crippen LogP contribution in [-0.2, 0) is 19.6 Å². The van der Waals surface area contributed by atoms with Crippen LogP contribution in [-0.4, -0.2) is 77.5 Å². The van der Waals surface area contributed by atoms with Gasteiger partial charge in [0.05, 0.1) is 5.75 Å². The number of hydrogen-bond donors (Lipinski definition) is 2. The van der Waals surface area contributed by atoms with E-state index in [0.717, 1.165) is 15.1 Å². The molecule has 2 amide bonds. The first-order valence-corrected chi connectivity index (χ1v) is 12.8. The molecule has 34 heavy (non-hydrogen) atoms. The fourth-order valence-electron chi connectivity index (χ4n) is 4.61. The number of rotatable bonds is 5. The largest absolute Gasteiger partial charge is 0.480 e. The van der Waals surface area contributed by atoms with Crippen molar-refractivity contribution in [3.63, 3.8) is 0 Å². The number of piperazine rings is 1. The van der Waals surface area contributed by atoms with Crippen molar-refractivity contribution in [2.45, 2.75) is 37.9 Å². The highest BCUT2D eigenvalue weighted by atomic mass is 32.2. The number of carboxylic acids is 1. The summed E-state index contributed by atoms with van der Waals surface area (Å²) >= 11 is 0. The monoisotopic (exact) mass is 485 g/mol. The lowest BCUT2D eigenvalue weighted by molar-refractivity contribution is -0.156. The standard InChI is InChI=1S/C24H27N3O6S/c1-2-34(32,33)26-14-17-10-4-6-13-20(23(29)27(17)21(15-26)24(30)31)25-22(28)19-12-7-9-16-8-3-5-11-18(16)19/h3-9,11-12,17,20-21H,2,10,13-15H2,1H3,(H,25,28)(H,30,31)/t17-,20-,21-/m0/s1. The zero-order chi connectivity index (χ0) is 24.5. The number of carbonyl (C=O) groups excluding carboxylic acids is 2. The highest BCUT2D eigenvalue weighted by molar-refractivity contribution is 7.89. The van der Waals surface area contributed by atoms with Gasteiger partial charge in [0, 0.05) is 24.7 Å². The number of hydrogen-bond acceptors (Lipinski definition) is 5. The van der Waals surface area contributed by atoms with E-state index >= 15 is 0 Å². The highest BCUT2D eigenvalue weighted by Gasteiger charge is 2.46. The van der Waals surface area contributed by atoms with Crippen LogP contribution in [0.15, 0.2) is 54.6 Å². The third-order valence-corrected chi connectivity index (χ3v) is 8.22. The van der Waals surface area contributed by atoms with Crippen molar-refractivity contribution in [1.82, 2.24) is 14.5 Å². The van der Waals surface area contributed by atoms with Crippen LogP contribution in [0.5, 0.6) is 0 Å². The molecule has 2 heterocycles. The first-order valence-electron chi connectivity index (χ1n) is 11.2. The minimum atomic E-state index is -3.63. The average Bonchev–Trinajstić information content (AvgIpc) is 2.83. The van der Waals surface area contributed by atoms with Crippen LogP contribution in [0.1, 0.15) is 30.1 Å². The summed E-state index contributed by atoms with van der Waals surface area (Å²) in [6.45, 7) is 1.20. The van der Waals surface area contributed by atoms with Crippen LogP contribution in [0.3, 0.4) is 0 Å². The van der Waals surface area contributed by atoms with Gasteiger partial charge in [-0.1, -0.05) is 48.6 Å². The maximum absolute atomic E-state index is 13.5. The molecule has 0 unspecified atom stereocenters. The summed E-state index contributed by atoms with van der Waals surface area (Å²) in [7, 11) is -3.63. The van der Waals surface area contributed by atoms with Crippen molar-refractivity contribution in [2.24, 2.45) is 0 Å². The molecular weight excluding hydrogens is 458 g/mol. The second-order valence-corrected chi connectivity index (χ2v) is 10.7. The smallest absolute Gasteiger partial charge is 0.327 e. The van der Waals surface area contributed by atoms with Crippen LogP contribution in [0.2, 0.25) is 0 Å². The lowest BCUT2D eigenvalue weighted by Gasteiger charge is -2.45. The maximum Gasteiger partial charge on any atom is 0.327 e. The number of fused-ring (bicyclic) bond motifs is 2. The van der Waals surface area contributed by atoms with Crippen LogP contribution >= 0.6 is 0 Å². The Kier molecular flexibility index (Phi) is 6.72. The Balaban J connectivity index is 1.63. The molecule has 9 nitrogen and oxygen atoms in total. The molecule has 0 radical (unpaired) electrons. The minimum absolute atomic E-state index is 0.0139. The molecule has 10 heteroatoms. The van der Waals surface area contributed by atoms with E-state index in [9.17, 15) is 27.9 Å². The molecule has 2 aromatic carbocycles. The molecular formula is C24H27N3O6S. The van der Waals surface area contributed by atoms with E-state index in [4.69, 9.17) is 0 Å². The third-order valence-electron chi connectivity index (χ3n) is 6.40. The molecule has 1 fully saturated rings. The van der Waals surface area contributed by atoms with Gasteiger partial charge in [0.25, 0.3) is 5.91 Å². The first-order chi connectivity index (χ1) is 16.2. The topological polar surface area (TPSA) is 124 Å². The van der Waals surface area contributed by atoms with Crippen LogP contribution in [0, 0.1) is 0 Å². The van der Waals surface area contributed by atoms with Gasteiger partial charge in [-0.3, -0.25) is 9.59 Å². The summed E-state index contributed by atoms with van der Waals surface area (Å²) < 4.78 is 26.1. The van der Waals surface area contributed by atoms with Gasteiger partial charge >= 0.3 is 5.97 Å². The number of aliphatic carboxylic acids is 1. The fourth-order valence-corrected chi connectivity index (χ4v) is 5.74. The molecule has 2 aliphatic heterocycles. The second kappa shape index (κ2) is 9.55. The van der Waals surface area contributed by atoms with E-state index in [2.05, 4.69) is 5.32 Å². The molecule has 2 N–H and O–H groups in total. The molecule has 0 bridgehead atoms. The van der Waals surface area contributed by atoms with Crippen molar-refractivity contribution < 1.29 is 27.9 Å². The number of carboxylic acid groups (broad SMARTS) is 1. The number of nitrogens with zero attached hydrogens (tertiary/aromatic N) is 2. The van der Waals surface area contributed by atoms with Gasteiger partial charge in [-0.05, 0) is 36.6 Å². The molecule has 2 aliphatic rings. The Bertz CT molecular complexity index is 1250. The van der Waals surface area contributed by atoms with Crippen molar-refractivity contribution in [3.05, 3.63) is 60.2 Å². The molecule has 0 aromatic heterocycles. The van der Waals surface area contributed by atoms with Crippen molar-refractivity contribution in [1.29, 1.82) is 0 Å². The van der Waals surface area contributed by atoms with Crippen LogP contribution < -0.4 is 5.32 Å². The Morgan fingerprint density at radius 1 is 1.06 bits per heavy atom. The number of sulfonamides is 1. The number of nitrogens with one attached hydrogen (secondary N) is 1. The summed E-state index contributed by atoms with van der Waals surface area (Å²) in [5.41, 5.74) is 0.419. The van der Waals surface area contributed by atoms with Crippen LogP contribution in [0.4, 0.5) is 0 Å². The summed E-state index contributed by atoms with van der Waals surface area (Å²) in [6.07, 6.45) is 4.12. The maximum atomic E-state index is 13.5. The molecule has 0 aliphatic carbocycles. The Hall–Kier alpha value is -3.24. The molecule has 0 spiro atoms. The lowest BCUT2D eigenvalue weighted by atomic mass is 9.98. The highest BCUT2D eigenvalue weighted by Crippen LogP contribution is 2.26. The van der Waals surface area contributed by atoms with E-state index in [1.54, 1.807) is 18.2 Å². The third kappa shape index (κ3) is 4.55. The predicted molar refractivity (Wildman–Crippen MR) is 127 cm³/mol.